The number of aromatic hydroxyl groups is 1. The predicted octanol–water partition coefficient (Wildman–Crippen LogP) is 2.88. The highest BCUT2D eigenvalue weighted by Gasteiger charge is 2.65. The van der Waals surface area contributed by atoms with Crippen LogP contribution >= 0.6 is 0 Å². The van der Waals surface area contributed by atoms with Crippen LogP contribution in [-0.2, 0) is 18.6 Å². The van der Waals surface area contributed by atoms with Crippen molar-refractivity contribution in [1.29, 1.82) is 0 Å². The molecule has 0 aliphatic carbocycles. The number of nitrogen functional groups attached to an aromatic ring is 1. The van der Waals surface area contributed by atoms with Crippen LogP contribution in [0.1, 0.15) is 33.9 Å². The Bertz CT molecular complexity index is 1520. The second-order valence-electron chi connectivity index (χ2n) is 11.3. The van der Waals surface area contributed by atoms with E-state index in [4.69, 9.17) is 24.4 Å². The topological polar surface area (TPSA) is 144 Å². The van der Waals surface area contributed by atoms with Crippen molar-refractivity contribution >= 4 is 42.0 Å². The molecule has 4 heterocycles. The normalized spacial score (nSPS) is 24.6. The molecular formula is C28H31N5O6Si. The maximum absolute atomic E-state index is 12.5. The third-order valence-corrected chi connectivity index (χ3v) is 12.8. The molecule has 2 aliphatic rings. The number of fused-ring (bicyclic) bond motifs is 2. The quantitative estimate of drug-likeness (QED) is 0.266. The van der Waals surface area contributed by atoms with E-state index in [1.165, 1.54) is 6.33 Å². The van der Waals surface area contributed by atoms with E-state index in [1.54, 1.807) is 11.5 Å². The first kappa shape index (κ1) is 26.2. The van der Waals surface area contributed by atoms with Gasteiger partial charge in [0.15, 0.2) is 29.1 Å². The van der Waals surface area contributed by atoms with Gasteiger partial charge in [0.25, 0.3) is 8.32 Å². The number of aromatic nitrogens is 4. The summed E-state index contributed by atoms with van der Waals surface area (Å²) in [7, 11) is -2.90. The summed E-state index contributed by atoms with van der Waals surface area (Å²) in [5.74, 6) is -0.482. The Morgan fingerprint density at radius 1 is 1.07 bits per heavy atom. The Labute approximate surface area is 232 Å². The molecule has 2 aliphatic heterocycles. The second kappa shape index (κ2) is 9.29. The number of hydrogen-bond donors (Lipinski definition) is 2. The maximum Gasteiger partial charge on any atom is 0.509 e. The molecule has 0 bridgehead atoms. The number of nitrogens with zero attached hydrogens (tertiary/aromatic N) is 4. The van der Waals surface area contributed by atoms with Crippen LogP contribution in [0.3, 0.4) is 0 Å². The molecule has 0 amide bonds. The number of benzene rings is 2. The van der Waals surface area contributed by atoms with Crippen molar-refractivity contribution in [2.24, 2.45) is 0 Å². The Morgan fingerprint density at radius 3 is 2.30 bits per heavy atom. The summed E-state index contributed by atoms with van der Waals surface area (Å²) in [5, 5.41) is 12.2. The molecule has 2 saturated heterocycles. The molecule has 2 aromatic carbocycles. The molecule has 4 aromatic rings. The molecule has 2 aromatic heterocycles. The van der Waals surface area contributed by atoms with Gasteiger partial charge in [-0.1, -0.05) is 81.4 Å². The molecule has 0 radical (unpaired) electrons. The number of nitrogens with two attached hydrogens (primary N) is 1. The molecule has 40 heavy (non-hydrogen) atoms. The van der Waals surface area contributed by atoms with E-state index in [2.05, 4.69) is 60.0 Å². The van der Waals surface area contributed by atoms with Crippen LogP contribution in [0.15, 0.2) is 67.0 Å². The summed E-state index contributed by atoms with van der Waals surface area (Å²) < 4.78 is 26.5. The van der Waals surface area contributed by atoms with E-state index < -0.39 is 38.5 Å². The molecule has 2 fully saturated rings. The first-order valence-electron chi connectivity index (χ1n) is 13.0. The Balaban J connectivity index is 1.40. The molecule has 0 saturated carbocycles. The van der Waals surface area contributed by atoms with E-state index in [0.29, 0.717) is 0 Å². The van der Waals surface area contributed by atoms with Crippen LogP contribution in [0.4, 0.5) is 10.7 Å². The van der Waals surface area contributed by atoms with Crippen molar-refractivity contribution in [3.05, 3.63) is 67.0 Å². The number of rotatable bonds is 6. The lowest BCUT2D eigenvalue weighted by Crippen LogP contribution is -2.67. The van der Waals surface area contributed by atoms with Crippen LogP contribution in [0.2, 0.25) is 5.04 Å². The third-order valence-electron chi connectivity index (χ3n) is 7.78. The maximum atomic E-state index is 12.5. The summed E-state index contributed by atoms with van der Waals surface area (Å²) in [5.41, 5.74) is 4.97. The number of carbonyl (C=O) groups is 1. The summed E-state index contributed by atoms with van der Waals surface area (Å²) in [4.78, 5) is 24.7. The van der Waals surface area contributed by atoms with Crippen molar-refractivity contribution in [3.8, 4) is 5.88 Å². The van der Waals surface area contributed by atoms with Gasteiger partial charge in [0, 0.05) is 0 Å². The highest BCUT2D eigenvalue weighted by Crippen LogP contribution is 2.48. The molecule has 4 atom stereocenters. The minimum absolute atomic E-state index is 0.127. The molecule has 208 valence electrons. The van der Waals surface area contributed by atoms with Crippen molar-refractivity contribution in [2.75, 3.05) is 12.3 Å². The van der Waals surface area contributed by atoms with E-state index >= 15 is 0 Å². The number of anilines is 1. The number of imidazole rings is 1. The lowest BCUT2D eigenvalue weighted by Gasteiger charge is -2.43. The van der Waals surface area contributed by atoms with Crippen molar-refractivity contribution in [2.45, 2.75) is 56.8 Å². The molecule has 0 spiro atoms. The van der Waals surface area contributed by atoms with E-state index in [0.717, 1.165) is 10.4 Å². The predicted molar refractivity (Wildman–Crippen MR) is 149 cm³/mol. The highest BCUT2D eigenvalue weighted by atomic mass is 28.4. The van der Waals surface area contributed by atoms with Crippen LogP contribution in [0.5, 0.6) is 5.88 Å². The Kier molecular flexibility index (Phi) is 6.09. The number of hydrogen-bond acceptors (Lipinski definition) is 10. The van der Waals surface area contributed by atoms with Crippen LogP contribution < -0.4 is 16.1 Å². The zero-order chi connectivity index (χ0) is 28.3. The SMILES string of the molecule is CC12OC(=O)OC1C(CO[Si](c1ccccc1)(c1ccccc1)C(C)(C)C)OC2n1cnc2c(O)nc(N)nc21. The van der Waals surface area contributed by atoms with Gasteiger partial charge in [-0.25, -0.2) is 9.78 Å². The van der Waals surface area contributed by atoms with Crippen LogP contribution in [0, 0.1) is 0 Å². The van der Waals surface area contributed by atoms with E-state index in [9.17, 15) is 9.90 Å². The minimum atomic E-state index is -2.90. The van der Waals surface area contributed by atoms with Gasteiger partial charge in [0.05, 0.1) is 12.9 Å². The van der Waals surface area contributed by atoms with Gasteiger partial charge in [-0.3, -0.25) is 4.57 Å². The smallest absolute Gasteiger partial charge is 0.492 e. The largest absolute Gasteiger partial charge is 0.509 e. The van der Waals surface area contributed by atoms with Gasteiger partial charge in [0.1, 0.15) is 6.10 Å². The fourth-order valence-electron chi connectivity index (χ4n) is 6.02. The zero-order valence-electron chi connectivity index (χ0n) is 22.6. The Morgan fingerprint density at radius 2 is 1.70 bits per heavy atom. The lowest BCUT2D eigenvalue weighted by atomic mass is 9.96. The summed E-state index contributed by atoms with van der Waals surface area (Å²) >= 11 is 0. The average molecular weight is 562 g/mol. The molecule has 12 heteroatoms. The van der Waals surface area contributed by atoms with E-state index in [1.807, 2.05) is 36.4 Å². The monoisotopic (exact) mass is 561 g/mol. The summed E-state index contributed by atoms with van der Waals surface area (Å²) in [6, 6.07) is 20.5. The van der Waals surface area contributed by atoms with Gasteiger partial charge in [-0.2, -0.15) is 9.97 Å². The van der Waals surface area contributed by atoms with Crippen molar-refractivity contribution < 1.29 is 28.5 Å². The molecule has 11 nitrogen and oxygen atoms in total. The van der Waals surface area contributed by atoms with E-state index in [-0.39, 0.29) is 34.6 Å². The number of carbonyl (C=O) groups excluding carboxylic acids is 1. The number of ether oxygens (including phenoxy) is 3. The van der Waals surface area contributed by atoms with Crippen LogP contribution in [-0.4, -0.2) is 63.5 Å². The van der Waals surface area contributed by atoms with Gasteiger partial charge in [0.2, 0.25) is 11.8 Å². The summed E-state index contributed by atoms with van der Waals surface area (Å²) in [6.07, 6.45) is -1.67. The standard InChI is InChI=1S/C28H31N5O6Si/c1-27(2,3)40(17-11-7-5-8-12-17,18-13-9-6-10-14-18)36-15-19-21-28(4,39-26(35)38-21)24(37-19)33-16-30-20-22(33)31-25(29)32-23(20)34/h5-14,16,19,21,24H,15H2,1-4H3,(H3,29,31,32,34). The molecular weight excluding hydrogens is 530 g/mol. The fourth-order valence-corrected chi connectivity index (χ4v) is 10.6. The first-order chi connectivity index (χ1) is 19.0. The second-order valence-corrected chi connectivity index (χ2v) is 15.6. The summed E-state index contributed by atoms with van der Waals surface area (Å²) in [6.45, 7) is 8.44. The average Bonchev–Trinajstić information content (AvgIpc) is 3.54. The van der Waals surface area contributed by atoms with Crippen LogP contribution in [0.25, 0.3) is 11.2 Å². The first-order valence-corrected chi connectivity index (χ1v) is 14.9. The van der Waals surface area contributed by atoms with Crippen molar-refractivity contribution in [3.63, 3.8) is 0 Å². The van der Waals surface area contributed by atoms with Crippen molar-refractivity contribution in [1.82, 2.24) is 19.5 Å². The molecule has 3 N–H and O–H groups in total. The Hall–Kier alpha value is -4.00. The zero-order valence-corrected chi connectivity index (χ0v) is 23.6. The van der Waals surface area contributed by atoms with Gasteiger partial charge in [-0.05, 0) is 22.3 Å². The van der Waals surface area contributed by atoms with Gasteiger partial charge < -0.3 is 29.5 Å². The minimum Gasteiger partial charge on any atom is -0.492 e. The molecule has 4 unspecified atom stereocenters. The molecule has 6 rings (SSSR count). The highest BCUT2D eigenvalue weighted by molar-refractivity contribution is 6.99. The third kappa shape index (κ3) is 3.93. The lowest BCUT2D eigenvalue weighted by molar-refractivity contribution is -0.0894. The fraction of sp³-hybridized carbons (Fsp3) is 0.357. The van der Waals surface area contributed by atoms with Gasteiger partial charge >= 0.3 is 6.16 Å². The van der Waals surface area contributed by atoms with Gasteiger partial charge in [-0.15, -0.1) is 0 Å².